The highest BCUT2D eigenvalue weighted by Gasteiger charge is 2.27. The Kier molecular flexibility index (Phi) is 8.28. The minimum Gasteiger partial charge on any atom is -0.454 e. The molecule has 0 saturated carbocycles. The van der Waals surface area contributed by atoms with Crippen molar-refractivity contribution in [2.24, 2.45) is 5.92 Å². The number of benzene rings is 2. The Labute approximate surface area is 222 Å². The molecule has 2 heterocycles. The normalized spacial score (nSPS) is 13.1. The van der Waals surface area contributed by atoms with Crippen LogP contribution in [0.5, 0.6) is 11.5 Å². The molecule has 12 heteroatoms. The number of carbonyl (C=O) groups is 2. The van der Waals surface area contributed by atoms with Gasteiger partial charge in [-0.25, -0.2) is 0 Å². The maximum Gasteiger partial charge on any atom is 0.252 e. The van der Waals surface area contributed by atoms with Gasteiger partial charge in [0.2, 0.25) is 12.7 Å². The summed E-state index contributed by atoms with van der Waals surface area (Å²) in [7, 11) is 0. The van der Waals surface area contributed by atoms with Gasteiger partial charge in [0.25, 0.3) is 5.91 Å². The van der Waals surface area contributed by atoms with Gasteiger partial charge in [-0.05, 0) is 49.2 Å². The van der Waals surface area contributed by atoms with E-state index in [1.165, 1.54) is 11.8 Å². The third-order valence-electron chi connectivity index (χ3n) is 5.46. The van der Waals surface area contributed by atoms with Crippen molar-refractivity contribution >= 4 is 52.5 Å². The van der Waals surface area contributed by atoms with Gasteiger partial charge < -0.3 is 24.7 Å². The van der Waals surface area contributed by atoms with Crippen molar-refractivity contribution in [1.29, 1.82) is 0 Å². The lowest BCUT2D eigenvalue weighted by Gasteiger charge is -2.22. The minimum absolute atomic E-state index is 0.0311. The van der Waals surface area contributed by atoms with Crippen molar-refractivity contribution in [3.05, 3.63) is 57.8 Å². The number of thioether (sulfide) groups is 1. The summed E-state index contributed by atoms with van der Waals surface area (Å²) in [6, 6.07) is 9.53. The summed E-state index contributed by atoms with van der Waals surface area (Å²) in [6.45, 7) is 6.65. The van der Waals surface area contributed by atoms with E-state index in [1.54, 1.807) is 36.4 Å². The second-order valence-electron chi connectivity index (χ2n) is 8.31. The van der Waals surface area contributed by atoms with Crippen molar-refractivity contribution in [1.82, 2.24) is 20.1 Å². The molecule has 1 atom stereocenters. The van der Waals surface area contributed by atoms with Gasteiger partial charge in [-0.2, -0.15) is 0 Å². The fourth-order valence-electron chi connectivity index (χ4n) is 3.64. The van der Waals surface area contributed by atoms with Gasteiger partial charge in [0.15, 0.2) is 22.5 Å². The number of nitrogens with zero attached hydrogens (tertiary/aromatic N) is 3. The number of ether oxygens (including phenoxy) is 2. The zero-order valence-electron chi connectivity index (χ0n) is 19.9. The standard InChI is InChI=1S/C24H25Cl2N5O4S/c1-4-31-22(21(13(2)3)28-23(33)14-5-8-18-19(9-14)35-12-34-18)29-30-24(31)36-11-20(32)27-17-10-15(25)6-7-16(17)26/h5-10,13,21H,4,11-12H2,1-3H3,(H,27,32)(H,28,33). The van der Waals surface area contributed by atoms with Crippen LogP contribution in [0.15, 0.2) is 41.6 Å². The molecule has 2 amide bonds. The van der Waals surface area contributed by atoms with Crippen LogP contribution in [0.1, 0.15) is 43.0 Å². The Balaban J connectivity index is 1.45. The predicted molar refractivity (Wildman–Crippen MR) is 139 cm³/mol. The van der Waals surface area contributed by atoms with Crippen LogP contribution in [0.4, 0.5) is 5.69 Å². The highest BCUT2D eigenvalue weighted by molar-refractivity contribution is 7.99. The lowest BCUT2D eigenvalue weighted by molar-refractivity contribution is -0.113. The van der Waals surface area contributed by atoms with E-state index in [2.05, 4.69) is 20.8 Å². The number of halogens is 2. The molecule has 1 aliphatic heterocycles. The molecule has 0 spiro atoms. The first-order valence-corrected chi connectivity index (χ1v) is 13.0. The smallest absolute Gasteiger partial charge is 0.252 e. The fraction of sp³-hybridized carbons (Fsp3) is 0.333. The van der Waals surface area contributed by atoms with Crippen molar-refractivity contribution in [2.45, 2.75) is 38.5 Å². The van der Waals surface area contributed by atoms with Crippen molar-refractivity contribution in [3.63, 3.8) is 0 Å². The highest BCUT2D eigenvalue weighted by atomic mass is 35.5. The number of hydrogen-bond donors (Lipinski definition) is 2. The van der Waals surface area contributed by atoms with Crippen molar-refractivity contribution in [3.8, 4) is 11.5 Å². The van der Waals surface area contributed by atoms with Crippen LogP contribution in [0.2, 0.25) is 10.0 Å². The van der Waals surface area contributed by atoms with E-state index in [0.717, 1.165) is 0 Å². The Morgan fingerprint density at radius 1 is 1.11 bits per heavy atom. The summed E-state index contributed by atoms with van der Waals surface area (Å²) in [4.78, 5) is 25.5. The van der Waals surface area contributed by atoms with E-state index in [1.807, 2.05) is 25.3 Å². The summed E-state index contributed by atoms with van der Waals surface area (Å²) in [6.07, 6.45) is 0. The van der Waals surface area contributed by atoms with Crippen LogP contribution < -0.4 is 20.1 Å². The topological polar surface area (TPSA) is 107 Å². The molecule has 0 aliphatic carbocycles. The minimum atomic E-state index is -0.399. The van der Waals surface area contributed by atoms with E-state index in [0.29, 0.717) is 50.3 Å². The van der Waals surface area contributed by atoms with E-state index < -0.39 is 6.04 Å². The molecule has 0 saturated heterocycles. The maximum absolute atomic E-state index is 13.0. The molecule has 0 bridgehead atoms. The SMILES string of the molecule is CCn1c(SCC(=O)Nc2cc(Cl)ccc2Cl)nnc1C(NC(=O)c1ccc2c(c1)OCO2)C(C)C. The third-order valence-corrected chi connectivity index (χ3v) is 6.99. The number of hydrogen-bond acceptors (Lipinski definition) is 7. The average molecular weight is 550 g/mol. The molecule has 2 N–H and O–H groups in total. The lowest BCUT2D eigenvalue weighted by atomic mass is 10.0. The third kappa shape index (κ3) is 5.88. The molecule has 1 aliphatic rings. The van der Waals surface area contributed by atoms with E-state index >= 15 is 0 Å². The average Bonchev–Trinajstić information content (AvgIpc) is 3.49. The first-order valence-electron chi connectivity index (χ1n) is 11.3. The van der Waals surface area contributed by atoms with E-state index in [4.69, 9.17) is 32.7 Å². The van der Waals surface area contributed by atoms with Crippen LogP contribution in [0.25, 0.3) is 0 Å². The number of carbonyl (C=O) groups excluding carboxylic acids is 2. The van der Waals surface area contributed by atoms with Crippen molar-refractivity contribution in [2.75, 3.05) is 17.9 Å². The Bertz CT molecular complexity index is 1280. The van der Waals surface area contributed by atoms with Gasteiger partial charge >= 0.3 is 0 Å². The Morgan fingerprint density at radius 2 is 1.89 bits per heavy atom. The summed E-state index contributed by atoms with van der Waals surface area (Å²) in [5.74, 6) is 1.37. The molecule has 1 unspecified atom stereocenters. The number of anilines is 1. The van der Waals surface area contributed by atoms with E-state index in [9.17, 15) is 9.59 Å². The number of aromatic nitrogens is 3. The molecule has 3 aromatic rings. The van der Waals surface area contributed by atoms with Crippen LogP contribution in [0.3, 0.4) is 0 Å². The molecule has 1 aromatic heterocycles. The Morgan fingerprint density at radius 3 is 2.64 bits per heavy atom. The summed E-state index contributed by atoms with van der Waals surface area (Å²) in [5.41, 5.74) is 0.900. The van der Waals surface area contributed by atoms with Gasteiger partial charge in [-0.3, -0.25) is 9.59 Å². The van der Waals surface area contributed by atoms with Crippen LogP contribution >= 0.6 is 35.0 Å². The van der Waals surface area contributed by atoms with Gasteiger partial charge in [-0.15, -0.1) is 10.2 Å². The summed E-state index contributed by atoms with van der Waals surface area (Å²) in [5, 5.41) is 15.9. The second-order valence-corrected chi connectivity index (χ2v) is 10.1. The number of fused-ring (bicyclic) bond motifs is 1. The largest absolute Gasteiger partial charge is 0.454 e. The predicted octanol–water partition coefficient (Wildman–Crippen LogP) is 5.19. The number of rotatable bonds is 9. The summed E-state index contributed by atoms with van der Waals surface area (Å²) < 4.78 is 12.6. The molecule has 36 heavy (non-hydrogen) atoms. The van der Waals surface area contributed by atoms with Crippen LogP contribution in [-0.2, 0) is 11.3 Å². The number of nitrogens with one attached hydrogen (secondary N) is 2. The van der Waals surface area contributed by atoms with Crippen LogP contribution in [0, 0.1) is 5.92 Å². The quantitative estimate of drug-likeness (QED) is 0.353. The molecule has 2 aromatic carbocycles. The fourth-order valence-corrected chi connectivity index (χ4v) is 4.78. The molecule has 0 radical (unpaired) electrons. The lowest BCUT2D eigenvalue weighted by Crippen LogP contribution is -2.33. The molecular formula is C24H25Cl2N5O4S. The van der Waals surface area contributed by atoms with E-state index in [-0.39, 0.29) is 30.3 Å². The Hall–Kier alpha value is -2.95. The van der Waals surface area contributed by atoms with Crippen LogP contribution in [-0.4, -0.2) is 39.1 Å². The zero-order valence-corrected chi connectivity index (χ0v) is 22.2. The monoisotopic (exact) mass is 549 g/mol. The van der Waals surface area contributed by atoms with Crippen molar-refractivity contribution < 1.29 is 19.1 Å². The first kappa shape index (κ1) is 26.1. The maximum atomic E-state index is 13.0. The molecular weight excluding hydrogens is 525 g/mol. The van der Waals surface area contributed by atoms with Gasteiger partial charge in [-0.1, -0.05) is 48.8 Å². The number of amides is 2. The molecule has 190 valence electrons. The van der Waals surface area contributed by atoms with Gasteiger partial charge in [0, 0.05) is 17.1 Å². The van der Waals surface area contributed by atoms with Gasteiger partial charge in [0.05, 0.1) is 22.5 Å². The summed E-state index contributed by atoms with van der Waals surface area (Å²) >= 11 is 13.4. The van der Waals surface area contributed by atoms with Gasteiger partial charge in [0.1, 0.15) is 0 Å². The zero-order chi connectivity index (χ0) is 25.8. The molecule has 9 nitrogen and oxygen atoms in total. The molecule has 0 fully saturated rings. The second kappa shape index (κ2) is 11.4. The highest BCUT2D eigenvalue weighted by Crippen LogP contribution is 2.33. The first-order chi connectivity index (χ1) is 17.3. The molecule has 4 rings (SSSR count).